The summed E-state index contributed by atoms with van der Waals surface area (Å²) in [6, 6.07) is 10.9. The van der Waals surface area contributed by atoms with E-state index in [2.05, 4.69) is 0 Å². The highest BCUT2D eigenvalue weighted by molar-refractivity contribution is 6.01. The van der Waals surface area contributed by atoms with Crippen molar-refractivity contribution in [2.75, 3.05) is 32.7 Å². The van der Waals surface area contributed by atoms with Crippen LogP contribution in [0.25, 0.3) is 5.57 Å². The Kier molecular flexibility index (Phi) is 11.1. The Labute approximate surface area is 311 Å². The smallest absolute Gasteiger partial charge is 0.430 e. The Hall–Kier alpha value is -4.73. The Balaban J connectivity index is 1.56. The van der Waals surface area contributed by atoms with Gasteiger partial charge in [0, 0.05) is 37.5 Å². The third kappa shape index (κ3) is 8.01. The van der Waals surface area contributed by atoms with E-state index in [1.54, 1.807) is 0 Å². The number of methoxy groups -OCH3 is 2. The van der Waals surface area contributed by atoms with E-state index in [-0.39, 0.29) is 23.7 Å². The summed E-state index contributed by atoms with van der Waals surface area (Å²) in [4.78, 5) is 29.3. The van der Waals surface area contributed by atoms with Crippen molar-refractivity contribution in [1.29, 1.82) is 0 Å². The van der Waals surface area contributed by atoms with E-state index >= 15 is 0 Å². The molecule has 2 aliphatic rings. The summed E-state index contributed by atoms with van der Waals surface area (Å²) in [5, 5.41) is 0. The normalized spacial score (nSPS) is 20.3. The van der Waals surface area contributed by atoms with Crippen LogP contribution in [0, 0.1) is 5.41 Å². The number of likely N-dealkylation sites (N-methyl/N-ethyl adjacent to an activating group) is 1. The number of carbonyl (C=O) groups excluding carboxylic acids is 2. The van der Waals surface area contributed by atoms with Gasteiger partial charge < -0.3 is 19.1 Å². The van der Waals surface area contributed by atoms with Gasteiger partial charge in [0.05, 0.1) is 24.3 Å². The van der Waals surface area contributed by atoms with Crippen molar-refractivity contribution in [3.05, 3.63) is 100 Å². The number of cyclic esters (lactones) is 1. The lowest BCUT2D eigenvalue weighted by molar-refractivity contribution is -0.264. The maximum Gasteiger partial charge on any atom is 0.430 e. The number of anilines is 1. The number of amides is 2. The molecule has 1 saturated heterocycles. The zero-order valence-corrected chi connectivity index (χ0v) is 30.7. The SMILES string of the molecule is COc1ccc(N(C)C(=O)C(OC)(c2ccccc2)C(F)(F)F)cc1C1=C(CN2C(=O)O[C@H](c3cc(C(F)(F)F)cc(C(F)(F)F)c3)[C@@H]2C)CC(C)(C)CC1. The van der Waals surface area contributed by atoms with Crippen LogP contribution in [0.4, 0.5) is 50.0 Å². The van der Waals surface area contributed by atoms with Crippen LogP contribution in [0.3, 0.4) is 0 Å². The molecule has 3 aromatic rings. The molecule has 3 atom stereocenters. The first-order valence-electron chi connectivity index (χ1n) is 17.1. The summed E-state index contributed by atoms with van der Waals surface area (Å²) < 4.78 is 142. The summed E-state index contributed by atoms with van der Waals surface area (Å²) in [6.45, 7) is 5.27. The Bertz CT molecular complexity index is 1930. The van der Waals surface area contributed by atoms with Gasteiger partial charge in [-0.1, -0.05) is 44.2 Å². The average molecular weight is 787 g/mol. The number of carbonyl (C=O) groups is 2. The highest BCUT2D eigenvalue weighted by Crippen LogP contribution is 2.48. The standard InChI is InChI=1S/C39H39F9N2O5/c1-22-32(23-16-26(37(40,41)42)18-27(17-23)38(43,44)45)55-34(52)50(22)21-24-20-35(2,3)15-14-29(24)30-19-28(12-13-31(30)53-5)49(4)33(51)36(54-6,39(46,47)48)25-10-8-7-9-11-25/h7-13,16-19,22,32H,14-15,20-21H2,1-6H3/t22-,32-,36?/m0/s1. The van der Waals surface area contributed by atoms with Gasteiger partial charge in [0.25, 0.3) is 11.5 Å². The second-order valence-electron chi connectivity index (χ2n) is 14.4. The zero-order valence-electron chi connectivity index (χ0n) is 30.7. The van der Waals surface area contributed by atoms with Crippen LogP contribution in [-0.2, 0) is 32.2 Å². The van der Waals surface area contributed by atoms with Crippen molar-refractivity contribution in [1.82, 2.24) is 4.90 Å². The van der Waals surface area contributed by atoms with E-state index in [1.807, 2.05) is 13.8 Å². The highest BCUT2D eigenvalue weighted by atomic mass is 19.4. The average Bonchev–Trinajstić information content (AvgIpc) is 3.38. The van der Waals surface area contributed by atoms with Gasteiger partial charge in [0.2, 0.25) is 0 Å². The molecule has 0 saturated carbocycles. The van der Waals surface area contributed by atoms with Crippen molar-refractivity contribution in [2.24, 2.45) is 5.41 Å². The number of ether oxygens (including phenoxy) is 3. The van der Waals surface area contributed by atoms with E-state index in [0.29, 0.717) is 53.9 Å². The zero-order chi connectivity index (χ0) is 40.9. The lowest BCUT2D eigenvalue weighted by atomic mass is 9.72. The second-order valence-corrected chi connectivity index (χ2v) is 14.4. The molecule has 1 fully saturated rings. The molecule has 1 unspecified atom stereocenters. The molecule has 298 valence electrons. The Morgan fingerprint density at radius 2 is 1.49 bits per heavy atom. The molecule has 1 aliphatic heterocycles. The third-order valence-electron chi connectivity index (χ3n) is 10.2. The number of nitrogens with zero attached hydrogens (tertiary/aromatic N) is 2. The molecule has 0 spiro atoms. The van der Waals surface area contributed by atoms with Gasteiger partial charge in [0.1, 0.15) is 11.9 Å². The molecular formula is C39H39F9N2O5. The Morgan fingerprint density at radius 1 is 0.891 bits per heavy atom. The minimum atomic E-state index is -5.17. The van der Waals surface area contributed by atoms with Gasteiger partial charge in [-0.15, -0.1) is 0 Å². The minimum absolute atomic E-state index is 0.00352. The van der Waals surface area contributed by atoms with Crippen molar-refractivity contribution in [3.8, 4) is 5.75 Å². The quantitative estimate of drug-likeness (QED) is 0.202. The van der Waals surface area contributed by atoms with E-state index in [4.69, 9.17) is 14.2 Å². The molecule has 0 bridgehead atoms. The van der Waals surface area contributed by atoms with Crippen LogP contribution in [0.2, 0.25) is 0 Å². The molecule has 5 rings (SSSR count). The number of benzene rings is 3. The molecule has 2 amide bonds. The number of alkyl halides is 9. The van der Waals surface area contributed by atoms with Crippen molar-refractivity contribution in [2.45, 2.75) is 76.3 Å². The lowest BCUT2D eigenvalue weighted by Crippen LogP contribution is -2.56. The molecule has 0 aromatic heterocycles. The fourth-order valence-corrected chi connectivity index (χ4v) is 7.29. The monoisotopic (exact) mass is 786 g/mol. The summed E-state index contributed by atoms with van der Waals surface area (Å²) in [6.07, 6.45) is -16.4. The molecule has 0 N–H and O–H groups in total. The fourth-order valence-electron chi connectivity index (χ4n) is 7.29. The maximum atomic E-state index is 14.8. The number of hydrogen-bond donors (Lipinski definition) is 0. The molecule has 16 heteroatoms. The molecule has 55 heavy (non-hydrogen) atoms. The van der Waals surface area contributed by atoms with E-state index in [0.717, 1.165) is 24.1 Å². The topological polar surface area (TPSA) is 68.3 Å². The fraction of sp³-hybridized carbons (Fsp3) is 0.436. The van der Waals surface area contributed by atoms with Gasteiger partial charge in [0.15, 0.2) is 0 Å². The van der Waals surface area contributed by atoms with Crippen molar-refractivity contribution in [3.63, 3.8) is 0 Å². The number of hydrogen-bond acceptors (Lipinski definition) is 5. The molecule has 7 nitrogen and oxygen atoms in total. The highest BCUT2D eigenvalue weighted by Gasteiger charge is 2.63. The van der Waals surface area contributed by atoms with Crippen molar-refractivity contribution >= 4 is 23.3 Å². The summed E-state index contributed by atoms with van der Waals surface area (Å²) >= 11 is 0. The largest absolute Gasteiger partial charge is 0.496 e. The first-order valence-corrected chi connectivity index (χ1v) is 17.1. The van der Waals surface area contributed by atoms with Crippen LogP contribution in [0.5, 0.6) is 5.75 Å². The van der Waals surface area contributed by atoms with Crippen LogP contribution < -0.4 is 9.64 Å². The lowest BCUT2D eigenvalue weighted by Gasteiger charge is -2.37. The van der Waals surface area contributed by atoms with Gasteiger partial charge in [-0.05, 0) is 84.7 Å². The first-order chi connectivity index (χ1) is 25.4. The van der Waals surface area contributed by atoms with Crippen LogP contribution in [0.1, 0.15) is 74.0 Å². The Morgan fingerprint density at radius 3 is 2.02 bits per heavy atom. The molecule has 1 heterocycles. The van der Waals surface area contributed by atoms with Gasteiger partial charge >= 0.3 is 24.6 Å². The van der Waals surface area contributed by atoms with Gasteiger partial charge in [-0.25, -0.2) is 4.79 Å². The van der Waals surface area contributed by atoms with Gasteiger partial charge in [-0.3, -0.25) is 9.69 Å². The first kappa shape index (κ1) is 41.4. The molecular weight excluding hydrogens is 747 g/mol. The van der Waals surface area contributed by atoms with E-state index < -0.39 is 70.5 Å². The number of halogens is 9. The summed E-state index contributed by atoms with van der Waals surface area (Å²) in [5.41, 5.74) is -5.94. The van der Waals surface area contributed by atoms with E-state index in [1.165, 1.54) is 62.4 Å². The van der Waals surface area contributed by atoms with Crippen LogP contribution in [-0.4, -0.2) is 56.9 Å². The third-order valence-corrected chi connectivity index (χ3v) is 10.2. The molecule has 3 aromatic carbocycles. The predicted molar refractivity (Wildman–Crippen MR) is 184 cm³/mol. The van der Waals surface area contributed by atoms with Crippen LogP contribution >= 0.6 is 0 Å². The minimum Gasteiger partial charge on any atom is -0.496 e. The van der Waals surface area contributed by atoms with Gasteiger partial charge in [-0.2, -0.15) is 39.5 Å². The molecule has 0 radical (unpaired) electrons. The second kappa shape index (κ2) is 14.7. The molecule has 1 aliphatic carbocycles. The summed E-state index contributed by atoms with van der Waals surface area (Å²) in [5.74, 6) is -1.13. The number of allylic oxidation sites excluding steroid dienone is 1. The number of rotatable bonds is 9. The maximum absolute atomic E-state index is 14.8. The van der Waals surface area contributed by atoms with Crippen LogP contribution in [0.15, 0.2) is 72.3 Å². The van der Waals surface area contributed by atoms with Crippen molar-refractivity contribution < 1.29 is 63.3 Å². The summed E-state index contributed by atoms with van der Waals surface area (Å²) in [7, 11) is 3.35. The van der Waals surface area contributed by atoms with E-state index in [9.17, 15) is 49.1 Å². The predicted octanol–water partition coefficient (Wildman–Crippen LogP) is 10.3.